The van der Waals surface area contributed by atoms with E-state index in [0.29, 0.717) is 18.1 Å². The minimum absolute atomic E-state index is 0.219. The Bertz CT molecular complexity index is 417. The van der Waals surface area contributed by atoms with Crippen molar-refractivity contribution in [3.05, 3.63) is 23.0 Å². The first-order chi connectivity index (χ1) is 8.14. The molecule has 0 aliphatic carbocycles. The van der Waals surface area contributed by atoms with Crippen LogP contribution in [0, 0.1) is 6.92 Å². The first-order valence-electron chi connectivity index (χ1n) is 6.46. The predicted molar refractivity (Wildman–Crippen MR) is 66.9 cm³/mol. The normalized spacial score (nSPS) is 22.8. The molecule has 2 rings (SSSR count). The second-order valence-corrected chi connectivity index (χ2v) is 4.82. The summed E-state index contributed by atoms with van der Waals surface area (Å²) >= 11 is 0. The summed E-state index contributed by atoms with van der Waals surface area (Å²) in [5.41, 5.74) is 2.51. The van der Waals surface area contributed by atoms with Gasteiger partial charge in [0.15, 0.2) is 0 Å². The van der Waals surface area contributed by atoms with Crippen molar-refractivity contribution in [2.75, 3.05) is 0 Å². The molecule has 1 N–H and O–H groups in total. The molecule has 1 aromatic rings. The molecule has 3 heteroatoms. The quantitative estimate of drug-likeness (QED) is 0.869. The van der Waals surface area contributed by atoms with Crippen LogP contribution in [0.5, 0.6) is 5.75 Å². The summed E-state index contributed by atoms with van der Waals surface area (Å²) in [7, 11) is 0. The molecule has 0 amide bonds. The summed E-state index contributed by atoms with van der Waals surface area (Å²) in [5, 5.41) is 10.0. The fourth-order valence-corrected chi connectivity index (χ4v) is 2.61. The molecular formula is C14H21NO2. The fraction of sp³-hybridized carbons (Fsp3) is 0.643. The summed E-state index contributed by atoms with van der Waals surface area (Å²) in [6.45, 7) is 6.67. The van der Waals surface area contributed by atoms with Crippen LogP contribution >= 0.6 is 0 Å². The number of rotatable bonds is 4. The molecule has 0 fully saturated rings. The average molecular weight is 235 g/mol. The van der Waals surface area contributed by atoms with Crippen molar-refractivity contribution in [1.82, 2.24) is 4.98 Å². The number of hydrogen-bond donors (Lipinski definition) is 1. The highest BCUT2D eigenvalue weighted by Crippen LogP contribution is 2.45. The monoisotopic (exact) mass is 235 g/mol. The maximum Gasteiger partial charge on any atom is 0.142 e. The number of aromatic hydroxyl groups is 1. The van der Waals surface area contributed by atoms with Crippen LogP contribution in [0.1, 0.15) is 56.4 Å². The SMILES string of the molecule is CCCCC1(CC)OCc2c1cnc(C)c2O. The summed E-state index contributed by atoms with van der Waals surface area (Å²) in [6.07, 6.45) is 6.13. The Morgan fingerprint density at radius 2 is 2.24 bits per heavy atom. The van der Waals surface area contributed by atoms with E-state index in [-0.39, 0.29) is 5.60 Å². The highest BCUT2D eigenvalue weighted by molar-refractivity contribution is 5.45. The Morgan fingerprint density at radius 1 is 1.47 bits per heavy atom. The van der Waals surface area contributed by atoms with Crippen molar-refractivity contribution in [1.29, 1.82) is 0 Å². The molecule has 1 aliphatic heterocycles. The standard InChI is InChI=1S/C14H21NO2/c1-4-6-7-14(5-2)12-8-15-10(3)13(16)11(12)9-17-14/h8,16H,4-7,9H2,1-3H3. The van der Waals surface area contributed by atoms with Gasteiger partial charge >= 0.3 is 0 Å². The summed E-state index contributed by atoms with van der Waals surface area (Å²) in [4.78, 5) is 4.27. The van der Waals surface area contributed by atoms with Gasteiger partial charge in [0, 0.05) is 17.3 Å². The van der Waals surface area contributed by atoms with Crippen LogP contribution in [0.25, 0.3) is 0 Å². The lowest BCUT2D eigenvalue weighted by atomic mass is 9.86. The van der Waals surface area contributed by atoms with Gasteiger partial charge in [-0.05, 0) is 19.8 Å². The Kier molecular flexibility index (Phi) is 3.38. The van der Waals surface area contributed by atoms with E-state index in [1.165, 1.54) is 0 Å². The maximum atomic E-state index is 10.0. The topological polar surface area (TPSA) is 42.4 Å². The first-order valence-corrected chi connectivity index (χ1v) is 6.46. The van der Waals surface area contributed by atoms with E-state index < -0.39 is 0 Å². The molecule has 3 nitrogen and oxygen atoms in total. The number of aromatic nitrogens is 1. The lowest BCUT2D eigenvalue weighted by Crippen LogP contribution is -2.24. The van der Waals surface area contributed by atoms with E-state index in [2.05, 4.69) is 18.8 Å². The van der Waals surface area contributed by atoms with Gasteiger partial charge in [-0.1, -0.05) is 26.7 Å². The molecule has 0 spiro atoms. The lowest BCUT2D eigenvalue weighted by Gasteiger charge is -2.28. The van der Waals surface area contributed by atoms with Gasteiger partial charge in [-0.2, -0.15) is 0 Å². The summed E-state index contributed by atoms with van der Waals surface area (Å²) in [6, 6.07) is 0. The highest BCUT2D eigenvalue weighted by atomic mass is 16.5. The van der Waals surface area contributed by atoms with E-state index >= 15 is 0 Å². The molecule has 2 heterocycles. The Hall–Kier alpha value is -1.09. The number of nitrogens with zero attached hydrogens (tertiary/aromatic N) is 1. The van der Waals surface area contributed by atoms with Crippen LogP contribution in [0.3, 0.4) is 0 Å². The molecular weight excluding hydrogens is 214 g/mol. The Balaban J connectivity index is 2.40. The van der Waals surface area contributed by atoms with Gasteiger partial charge in [0.1, 0.15) is 5.75 Å². The molecule has 1 atom stereocenters. The Morgan fingerprint density at radius 3 is 2.88 bits per heavy atom. The second kappa shape index (κ2) is 4.65. The predicted octanol–water partition coefficient (Wildman–Crippen LogP) is 3.42. The molecule has 0 radical (unpaired) electrons. The largest absolute Gasteiger partial charge is 0.506 e. The molecule has 0 saturated carbocycles. The van der Waals surface area contributed by atoms with Crippen molar-refractivity contribution < 1.29 is 9.84 Å². The van der Waals surface area contributed by atoms with Crippen LogP contribution in [0.2, 0.25) is 0 Å². The van der Waals surface area contributed by atoms with Crippen molar-refractivity contribution in [2.24, 2.45) is 0 Å². The minimum Gasteiger partial charge on any atom is -0.506 e. The molecule has 94 valence electrons. The van der Waals surface area contributed by atoms with E-state index in [0.717, 1.165) is 36.8 Å². The van der Waals surface area contributed by atoms with E-state index in [4.69, 9.17) is 4.74 Å². The van der Waals surface area contributed by atoms with Crippen LogP contribution in [-0.2, 0) is 16.9 Å². The molecule has 1 unspecified atom stereocenters. The second-order valence-electron chi connectivity index (χ2n) is 4.82. The molecule has 0 bridgehead atoms. The van der Waals surface area contributed by atoms with Crippen LogP contribution in [-0.4, -0.2) is 10.1 Å². The third kappa shape index (κ3) is 1.93. The number of unbranched alkanes of at least 4 members (excludes halogenated alkanes) is 1. The molecule has 17 heavy (non-hydrogen) atoms. The molecule has 0 saturated heterocycles. The zero-order chi connectivity index (χ0) is 12.5. The van der Waals surface area contributed by atoms with Gasteiger partial charge in [-0.3, -0.25) is 4.98 Å². The number of fused-ring (bicyclic) bond motifs is 1. The van der Waals surface area contributed by atoms with Crippen LogP contribution < -0.4 is 0 Å². The Labute approximate surface area is 103 Å². The number of pyridine rings is 1. The van der Waals surface area contributed by atoms with Crippen LogP contribution in [0.4, 0.5) is 0 Å². The van der Waals surface area contributed by atoms with E-state index in [1.807, 2.05) is 13.1 Å². The zero-order valence-electron chi connectivity index (χ0n) is 10.9. The zero-order valence-corrected chi connectivity index (χ0v) is 10.9. The average Bonchev–Trinajstić information content (AvgIpc) is 2.71. The lowest BCUT2D eigenvalue weighted by molar-refractivity contribution is -0.0490. The fourth-order valence-electron chi connectivity index (χ4n) is 2.61. The third-order valence-electron chi connectivity index (χ3n) is 3.83. The van der Waals surface area contributed by atoms with Gasteiger partial charge < -0.3 is 9.84 Å². The highest BCUT2D eigenvalue weighted by Gasteiger charge is 2.39. The summed E-state index contributed by atoms with van der Waals surface area (Å²) < 4.78 is 6.00. The maximum absolute atomic E-state index is 10.0. The molecule has 0 aromatic carbocycles. The molecule has 1 aliphatic rings. The smallest absolute Gasteiger partial charge is 0.142 e. The van der Waals surface area contributed by atoms with Gasteiger partial charge in [0.25, 0.3) is 0 Å². The van der Waals surface area contributed by atoms with E-state index in [9.17, 15) is 5.11 Å². The van der Waals surface area contributed by atoms with Gasteiger partial charge in [0.05, 0.1) is 17.9 Å². The van der Waals surface area contributed by atoms with E-state index in [1.54, 1.807) is 0 Å². The first kappa shape index (κ1) is 12.4. The summed E-state index contributed by atoms with van der Waals surface area (Å²) in [5.74, 6) is 0.314. The molecule has 1 aromatic heterocycles. The van der Waals surface area contributed by atoms with Crippen LogP contribution in [0.15, 0.2) is 6.20 Å². The van der Waals surface area contributed by atoms with Crippen molar-refractivity contribution >= 4 is 0 Å². The van der Waals surface area contributed by atoms with Crippen molar-refractivity contribution in [3.8, 4) is 5.75 Å². The van der Waals surface area contributed by atoms with Crippen molar-refractivity contribution in [3.63, 3.8) is 0 Å². The van der Waals surface area contributed by atoms with Gasteiger partial charge in [0.2, 0.25) is 0 Å². The van der Waals surface area contributed by atoms with Gasteiger partial charge in [-0.25, -0.2) is 0 Å². The van der Waals surface area contributed by atoms with Gasteiger partial charge in [-0.15, -0.1) is 0 Å². The third-order valence-corrected chi connectivity index (χ3v) is 3.83. The van der Waals surface area contributed by atoms with Crippen molar-refractivity contribution in [2.45, 2.75) is 58.7 Å². The number of ether oxygens (including phenoxy) is 1. The number of hydrogen-bond acceptors (Lipinski definition) is 3. The number of aryl methyl sites for hydroxylation is 1. The minimum atomic E-state index is -0.219.